The number of aromatic nitrogens is 2. The molecule has 100 valence electrons. The van der Waals surface area contributed by atoms with Crippen molar-refractivity contribution in [2.45, 2.75) is 0 Å². The van der Waals surface area contributed by atoms with Gasteiger partial charge in [0.2, 0.25) is 0 Å². The lowest BCUT2D eigenvalue weighted by Gasteiger charge is -2.13. The maximum atomic E-state index is 13.4. The standard InChI is InChI=1S/C13H14FN3O2/c1-15-13-12(19-3)11(16-7-17-13)9-6-8(14)4-5-10(9)18-2/h4-7H,1-3H3,(H,15,16,17). The molecule has 0 radical (unpaired) electrons. The van der Waals surface area contributed by atoms with E-state index in [0.717, 1.165) is 0 Å². The van der Waals surface area contributed by atoms with Gasteiger partial charge in [0.1, 0.15) is 23.6 Å². The van der Waals surface area contributed by atoms with E-state index >= 15 is 0 Å². The number of methoxy groups -OCH3 is 2. The summed E-state index contributed by atoms with van der Waals surface area (Å²) in [5.41, 5.74) is 0.983. The topological polar surface area (TPSA) is 56.3 Å². The molecule has 0 bridgehead atoms. The maximum absolute atomic E-state index is 13.4. The lowest BCUT2D eigenvalue weighted by Crippen LogP contribution is -2.01. The van der Waals surface area contributed by atoms with Gasteiger partial charge in [-0.25, -0.2) is 14.4 Å². The van der Waals surface area contributed by atoms with Crippen LogP contribution >= 0.6 is 0 Å². The molecule has 0 spiro atoms. The van der Waals surface area contributed by atoms with Crippen molar-refractivity contribution < 1.29 is 13.9 Å². The minimum absolute atomic E-state index is 0.373. The largest absolute Gasteiger partial charge is 0.496 e. The summed E-state index contributed by atoms with van der Waals surface area (Å²) in [5.74, 6) is 1.11. The van der Waals surface area contributed by atoms with Gasteiger partial charge in [0.05, 0.1) is 14.2 Å². The highest BCUT2D eigenvalue weighted by Gasteiger charge is 2.17. The van der Waals surface area contributed by atoms with Crippen molar-refractivity contribution >= 4 is 5.82 Å². The van der Waals surface area contributed by atoms with Gasteiger partial charge in [-0.05, 0) is 18.2 Å². The van der Waals surface area contributed by atoms with Gasteiger partial charge >= 0.3 is 0 Å². The van der Waals surface area contributed by atoms with Gasteiger partial charge in [-0.2, -0.15) is 0 Å². The first-order valence-corrected chi connectivity index (χ1v) is 5.62. The van der Waals surface area contributed by atoms with Crippen LogP contribution in [0.1, 0.15) is 0 Å². The highest BCUT2D eigenvalue weighted by molar-refractivity contribution is 5.76. The molecule has 0 saturated heterocycles. The van der Waals surface area contributed by atoms with Gasteiger partial charge in [-0.1, -0.05) is 0 Å². The summed E-state index contributed by atoms with van der Waals surface area (Å²) in [4.78, 5) is 8.21. The minimum Gasteiger partial charge on any atom is -0.496 e. The molecule has 0 unspecified atom stereocenters. The molecule has 1 aromatic carbocycles. The monoisotopic (exact) mass is 263 g/mol. The maximum Gasteiger partial charge on any atom is 0.187 e. The fraction of sp³-hybridized carbons (Fsp3) is 0.231. The van der Waals surface area contributed by atoms with E-state index < -0.39 is 0 Å². The summed E-state index contributed by atoms with van der Waals surface area (Å²) in [7, 11) is 4.75. The molecular weight excluding hydrogens is 249 g/mol. The van der Waals surface area contributed by atoms with Gasteiger partial charge in [-0.3, -0.25) is 0 Å². The first kappa shape index (κ1) is 13.1. The number of ether oxygens (including phenoxy) is 2. The summed E-state index contributed by atoms with van der Waals surface area (Å²) < 4.78 is 24.0. The second-order valence-corrected chi connectivity index (χ2v) is 3.70. The average molecular weight is 263 g/mol. The third kappa shape index (κ3) is 2.42. The lowest BCUT2D eigenvalue weighted by atomic mass is 10.1. The van der Waals surface area contributed by atoms with Crippen LogP contribution in [-0.2, 0) is 0 Å². The van der Waals surface area contributed by atoms with Crippen LogP contribution in [0.4, 0.5) is 10.2 Å². The van der Waals surface area contributed by atoms with Crippen molar-refractivity contribution in [1.29, 1.82) is 0 Å². The summed E-state index contributed by atoms with van der Waals surface area (Å²) in [6.45, 7) is 0. The third-order valence-corrected chi connectivity index (χ3v) is 2.66. The van der Waals surface area contributed by atoms with E-state index in [1.54, 1.807) is 13.1 Å². The summed E-state index contributed by atoms with van der Waals surface area (Å²) in [6, 6.07) is 4.23. The van der Waals surface area contributed by atoms with E-state index in [-0.39, 0.29) is 5.82 Å². The van der Waals surface area contributed by atoms with Crippen LogP contribution in [-0.4, -0.2) is 31.2 Å². The molecule has 0 atom stereocenters. The SMILES string of the molecule is CNc1ncnc(-c2cc(F)ccc2OC)c1OC. The fourth-order valence-corrected chi connectivity index (χ4v) is 1.80. The van der Waals surface area contributed by atoms with Crippen molar-refractivity contribution in [2.24, 2.45) is 0 Å². The van der Waals surface area contributed by atoms with Gasteiger partial charge in [0.15, 0.2) is 11.6 Å². The Labute approximate surface area is 110 Å². The molecule has 0 amide bonds. The quantitative estimate of drug-likeness (QED) is 0.917. The Hall–Kier alpha value is -2.37. The lowest BCUT2D eigenvalue weighted by molar-refractivity contribution is 0.408. The second kappa shape index (κ2) is 5.51. The number of hydrogen-bond acceptors (Lipinski definition) is 5. The molecule has 2 aromatic rings. The molecule has 0 aliphatic carbocycles. The van der Waals surface area contributed by atoms with Crippen molar-refractivity contribution in [3.63, 3.8) is 0 Å². The first-order valence-electron chi connectivity index (χ1n) is 5.62. The number of nitrogens with one attached hydrogen (secondary N) is 1. The van der Waals surface area contributed by atoms with E-state index in [2.05, 4.69) is 15.3 Å². The minimum atomic E-state index is -0.373. The summed E-state index contributed by atoms with van der Waals surface area (Å²) >= 11 is 0. The predicted octanol–water partition coefficient (Wildman–Crippen LogP) is 2.34. The number of anilines is 1. The molecule has 0 aliphatic heterocycles. The van der Waals surface area contributed by atoms with Crippen molar-refractivity contribution in [2.75, 3.05) is 26.6 Å². The Morgan fingerprint density at radius 1 is 1.16 bits per heavy atom. The van der Waals surface area contributed by atoms with Gasteiger partial charge < -0.3 is 14.8 Å². The highest BCUT2D eigenvalue weighted by atomic mass is 19.1. The number of halogens is 1. The Balaban J connectivity index is 2.67. The van der Waals surface area contributed by atoms with E-state index in [9.17, 15) is 4.39 Å². The van der Waals surface area contributed by atoms with Crippen molar-refractivity contribution in [3.05, 3.63) is 30.3 Å². The Bertz CT molecular complexity index is 590. The molecular formula is C13H14FN3O2. The van der Waals surface area contributed by atoms with E-state index in [4.69, 9.17) is 9.47 Å². The molecule has 0 fully saturated rings. The Morgan fingerprint density at radius 3 is 2.58 bits per heavy atom. The third-order valence-electron chi connectivity index (χ3n) is 2.66. The normalized spacial score (nSPS) is 10.1. The second-order valence-electron chi connectivity index (χ2n) is 3.70. The molecule has 5 nitrogen and oxygen atoms in total. The molecule has 6 heteroatoms. The number of hydrogen-bond donors (Lipinski definition) is 1. The van der Waals surface area contributed by atoms with Crippen molar-refractivity contribution in [1.82, 2.24) is 9.97 Å². The zero-order chi connectivity index (χ0) is 13.8. The van der Waals surface area contributed by atoms with Crippen LogP contribution in [0.2, 0.25) is 0 Å². The van der Waals surface area contributed by atoms with Crippen LogP contribution in [0.15, 0.2) is 24.5 Å². The zero-order valence-corrected chi connectivity index (χ0v) is 10.9. The van der Waals surface area contributed by atoms with Crippen molar-refractivity contribution in [3.8, 4) is 22.8 Å². The number of benzene rings is 1. The fourth-order valence-electron chi connectivity index (χ4n) is 1.80. The van der Waals surface area contributed by atoms with Crippen LogP contribution < -0.4 is 14.8 Å². The number of nitrogens with zero attached hydrogens (tertiary/aromatic N) is 2. The van der Waals surface area contributed by atoms with Gasteiger partial charge in [-0.15, -0.1) is 0 Å². The van der Waals surface area contributed by atoms with Crippen LogP contribution in [0.25, 0.3) is 11.3 Å². The van der Waals surface area contributed by atoms with Crippen LogP contribution in [0.3, 0.4) is 0 Å². The van der Waals surface area contributed by atoms with Gasteiger partial charge in [0.25, 0.3) is 0 Å². The predicted molar refractivity (Wildman–Crippen MR) is 70.1 cm³/mol. The molecule has 2 rings (SSSR count). The van der Waals surface area contributed by atoms with E-state index in [1.807, 2.05) is 0 Å². The number of rotatable bonds is 4. The van der Waals surface area contributed by atoms with E-state index in [1.165, 1.54) is 32.7 Å². The average Bonchev–Trinajstić information content (AvgIpc) is 2.46. The van der Waals surface area contributed by atoms with Crippen LogP contribution in [0.5, 0.6) is 11.5 Å². The van der Waals surface area contributed by atoms with E-state index in [0.29, 0.717) is 28.6 Å². The Kier molecular flexibility index (Phi) is 3.79. The molecule has 1 N–H and O–H groups in total. The molecule has 0 saturated carbocycles. The molecule has 0 aliphatic rings. The molecule has 19 heavy (non-hydrogen) atoms. The summed E-state index contributed by atoms with van der Waals surface area (Å²) in [6.07, 6.45) is 1.38. The van der Waals surface area contributed by atoms with Crippen LogP contribution in [0, 0.1) is 5.82 Å². The summed E-state index contributed by atoms with van der Waals surface area (Å²) in [5, 5.41) is 2.90. The molecule has 1 heterocycles. The molecule has 1 aromatic heterocycles. The highest BCUT2D eigenvalue weighted by Crippen LogP contribution is 2.37. The first-order chi connectivity index (χ1) is 9.21. The smallest absolute Gasteiger partial charge is 0.187 e. The Morgan fingerprint density at radius 2 is 1.95 bits per heavy atom. The zero-order valence-electron chi connectivity index (χ0n) is 10.9. The van der Waals surface area contributed by atoms with Gasteiger partial charge in [0, 0.05) is 12.6 Å².